The summed E-state index contributed by atoms with van der Waals surface area (Å²) >= 11 is 0. The van der Waals surface area contributed by atoms with Crippen LogP contribution < -0.4 is 9.64 Å². The molecule has 4 aromatic rings. The zero-order chi connectivity index (χ0) is 25.3. The van der Waals surface area contributed by atoms with Gasteiger partial charge in [0.1, 0.15) is 24.1 Å². The highest BCUT2D eigenvalue weighted by molar-refractivity contribution is 6.02. The third-order valence-corrected chi connectivity index (χ3v) is 8.03. The number of ether oxygens (including phenoxy) is 1. The Bertz CT molecular complexity index is 1550. The zero-order valence-corrected chi connectivity index (χ0v) is 20.4. The number of benzene rings is 2. The number of hydrogen-bond donors (Lipinski definition) is 2. The minimum atomic E-state index is -0.869. The van der Waals surface area contributed by atoms with Crippen molar-refractivity contribution < 1.29 is 19.7 Å². The summed E-state index contributed by atoms with van der Waals surface area (Å²) in [5.74, 6) is 1.23. The lowest BCUT2D eigenvalue weighted by Crippen LogP contribution is -2.62. The molecule has 0 saturated carbocycles. The molecule has 0 spiro atoms. The zero-order valence-electron chi connectivity index (χ0n) is 20.4. The van der Waals surface area contributed by atoms with Gasteiger partial charge in [-0.05, 0) is 48.6 Å². The van der Waals surface area contributed by atoms with Crippen LogP contribution in [-0.4, -0.2) is 73.5 Å². The van der Waals surface area contributed by atoms with Crippen molar-refractivity contribution in [1.82, 2.24) is 19.9 Å². The van der Waals surface area contributed by atoms with Crippen molar-refractivity contribution in [3.63, 3.8) is 0 Å². The van der Waals surface area contributed by atoms with Gasteiger partial charge < -0.3 is 19.8 Å². The summed E-state index contributed by atoms with van der Waals surface area (Å²) in [6.45, 7) is 2.70. The number of aliphatic hydroxyl groups is 1. The van der Waals surface area contributed by atoms with Gasteiger partial charge in [0.2, 0.25) is 5.88 Å². The van der Waals surface area contributed by atoms with Crippen molar-refractivity contribution in [1.29, 1.82) is 0 Å². The number of aliphatic hydroxyl groups excluding tert-OH is 1. The second-order valence-electron chi connectivity index (χ2n) is 10.3. The Labute approximate surface area is 213 Å². The molecule has 9 heteroatoms. The van der Waals surface area contributed by atoms with Gasteiger partial charge in [0.15, 0.2) is 0 Å². The lowest BCUT2D eigenvalue weighted by atomic mass is 9.94. The SMILES string of the molecule is CC(O)Cc1cccc2cccc(-c3cc4ncnc5c4c(n3)OCC3C4CCC(CN53)N4C(=O)O)c12. The van der Waals surface area contributed by atoms with E-state index in [9.17, 15) is 15.0 Å². The first kappa shape index (κ1) is 22.2. The summed E-state index contributed by atoms with van der Waals surface area (Å²) in [5, 5.41) is 22.9. The number of piperazine rings is 1. The molecular formula is C28H27N5O4. The minimum absolute atomic E-state index is 0.0550. The number of amides is 1. The Morgan fingerprint density at radius 1 is 1.14 bits per heavy atom. The van der Waals surface area contributed by atoms with Gasteiger partial charge in [0, 0.05) is 12.1 Å². The molecule has 5 heterocycles. The topological polar surface area (TPSA) is 112 Å². The largest absolute Gasteiger partial charge is 0.475 e. The van der Waals surface area contributed by atoms with Crippen LogP contribution in [0.3, 0.4) is 0 Å². The van der Waals surface area contributed by atoms with Gasteiger partial charge in [-0.25, -0.2) is 19.7 Å². The van der Waals surface area contributed by atoms with Crippen molar-refractivity contribution in [3.05, 3.63) is 54.4 Å². The maximum absolute atomic E-state index is 12.0. The molecule has 9 nitrogen and oxygen atoms in total. The van der Waals surface area contributed by atoms with Crippen LogP contribution in [0.15, 0.2) is 48.8 Å². The first-order chi connectivity index (χ1) is 18.0. The number of fused-ring (bicyclic) bond motifs is 6. The molecule has 2 fully saturated rings. The number of nitrogens with zero attached hydrogens (tertiary/aromatic N) is 5. The highest BCUT2D eigenvalue weighted by Gasteiger charge is 2.50. The predicted octanol–water partition coefficient (Wildman–Crippen LogP) is 3.86. The average molecular weight is 498 g/mol. The van der Waals surface area contributed by atoms with Crippen molar-refractivity contribution in [2.75, 3.05) is 18.1 Å². The summed E-state index contributed by atoms with van der Waals surface area (Å²) in [5.41, 5.74) is 3.49. The molecule has 4 atom stereocenters. The van der Waals surface area contributed by atoms with Gasteiger partial charge in [-0.2, -0.15) is 0 Å². The van der Waals surface area contributed by atoms with E-state index in [4.69, 9.17) is 9.72 Å². The Morgan fingerprint density at radius 2 is 1.97 bits per heavy atom. The average Bonchev–Trinajstić information content (AvgIpc) is 3.12. The molecule has 0 aliphatic carbocycles. The van der Waals surface area contributed by atoms with Crippen LogP contribution >= 0.6 is 0 Å². The fourth-order valence-electron chi connectivity index (χ4n) is 6.56. The molecule has 7 rings (SSSR count). The molecule has 3 aliphatic heterocycles. The van der Waals surface area contributed by atoms with Crippen molar-refractivity contribution in [2.24, 2.45) is 0 Å². The van der Waals surface area contributed by atoms with Gasteiger partial charge in [-0.15, -0.1) is 0 Å². The van der Waals surface area contributed by atoms with E-state index in [-0.39, 0.29) is 18.1 Å². The highest BCUT2D eigenvalue weighted by Crippen LogP contribution is 2.43. The fourth-order valence-corrected chi connectivity index (χ4v) is 6.56. The number of pyridine rings is 1. The van der Waals surface area contributed by atoms with Crippen LogP contribution in [0.25, 0.3) is 32.9 Å². The van der Waals surface area contributed by atoms with Crippen LogP contribution in [0, 0.1) is 0 Å². The van der Waals surface area contributed by atoms with Crippen LogP contribution in [0.5, 0.6) is 5.88 Å². The first-order valence-corrected chi connectivity index (χ1v) is 12.7. The molecule has 37 heavy (non-hydrogen) atoms. The Morgan fingerprint density at radius 3 is 2.78 bits per heavy atom. The normalized spacial score (nSPS) is 23.0. The lowest BCUT2D eigenvalue weighted by molar-refractivity contribution is 0.0908. The van der Waals surface area contributed by atoms with Crippen LogP contribution in [-0.2, 0) is 6.42 Å². The maximum atomic E-state index is 12.0. The number of anilines is 1. The minimum Gasteiger partial charge on any atom is -0.475 e. The standard InChI is InChI=1S/C28H27N5O4/c1-15(34)10-17-6-2-4-16-5-3-7-19(24(16)17)20-11-21-25-26(30-14-29-21)32-12-18-8-9-22(33(18)28(35)36)23(32)13-37-27(25)31-20/h2-7,11,14-15,18,22-23,34H,8-10,12-13H2,1H3,(H,35,36). The number of aromatic nitrogens is 3. The molecular weight excluding hydrogens is 470 g/mol. The predicted molar refractivity (Wildman–Crippen MR) is 139 cm³/mol. The summed E-state index contributed by atoms with van der Waals surface area (Å²) in [4.78, 5) is 30.0. The highest BCUT2D eigenvalue weighted by atomic mass is 16.5. The Hall–Kier alpha value is -3.98. The quantitative estimate of drug-likeness (QED) is 0.439. The van der Waals surface area contributed by atoms with Crippen molar-refractivity contribution in [2.45, 2.75) is 50.4 Å². The molecule has 1 amide bonds. The molecule has 2 bridgehead atoms. The van der Waals surface area contributed by atoms with E-state index in [0.29, 0.717) is 25.5 Å². The summed E-state index contributed by atoms with van der Waals surface area (Å²) < 4.78 is 6.35. The van der Waals surface area contributed by atoms with Gasteiger partial charge in [0.25, 0.3) is 0 Å². The molecule has 188 valence electrons. The van der Waals surface area contributed by atoms with E-state index in [1.807, 2.05) is 30.3 Å². The monoisotopic (exact) mass is 497 g/mol. The number of hydrogen-bond acceptors (Lipinski definition) is 7. The van der Waals surface area contributed by atoms with E-state index in [1.54, 1.807) is 18.2 Å². The summed E-state index contributed by atoms with van der Waals surface area (Å²) in [6, 6.07) is 13.9. The second-order valence-corrected chi connectivity index (χ2v) is 10.3. The van der Waals surface area contributed by atoms with Crippen LogP contribution in [0.1, 0.15) is 25.3 Å². The molecule has 0 radical (unpaired) electrons. The molecule has 2 aromatic carbocycles. The van der Waals surface area contributed by atoms with Gasteiger partial charge in [-0.3, -0.25) is 4.90 Å². The Kier molecular flexibility index (Phi) is 4.97. The van der Waals surface area contributed by atoms with E-state index in [1.165, 1.54) is 0 Å². The van der Waals surface area contributed by atoms with Crippen molar-refractivity contribution in [3.8, 4) is 17.1 Å². The number of rotatable bonds is 3. The smallest absolute Gasteiger partial charge is 0.407 e. The molecule has 2 saturated heterocycles. The van der Waals surface area contributed by atoms with E-state index in [2.05, 4.69) is 27.0 Å². The summed E-state index contributed by atoms with van der Waals surface area (Å²) in [7, 11) is 0. The number of carbonyl (C=O) groups is 1. The van der Waals surface area contributed by atoms with Gasteiger partial charge in [-0.1, -0.05) is 36.4 Å². The molecule has 2 N–H and O–H groups in total. The molecule has 2 aromatic heterocycles. The van der Waals surface area contributed by atoms with E-state index < -0.39 is 12.2 Å². The van der Waals surface area contributed by atoms with Crippen LogP contribution in [0.2, 0.25) is 0 Å². The van der Waals surface area contributed by atoms with E-state index >= 15 is 0 Å². The fraction of sp³-hybridized carbons (Fsp3) is 0.357. The van der Waals surface area contributed by atoms with Gasteiger partial charge in [0.05, 0.1) is 35.4 Å². The third-order valence-electron chi connectivity index (χ3n) is 8.03. The maximum Gasteiger partial charge on any atom is 0.407 e. The van der Waals surface area contributed by atoms with Gasteiger partial charge >= 0.3 is 6.09 Å². The second kappa shape index (κ2) is 8.27. The molecule has 4 unspecified atom stereocenters. The molecule has 3 aliphatic rings. The lowest BCUT2D eigenvalue weighted by Gasteiger charge is -2.45. The van der Waals surface area contributed by atoms with Crippen molar-refractivity contribution >= 4 is 33.6 Å². The summed E-state index contributed by atoms with van der Waals surface area (Å²) in [6.07, 6.45) is 2.43. The van der Waals surface area contributed by atoms with E-state index in [0.717, 1.165) is 57.2 Å². The Balaban J connectivity index is 1.38. The number of carboxylic acid groups (broad SMARTS) is 1. The van der Waals surface area contributed by atoms with Crippen LogP contribution in [0.4, 0.5) is 10.6 Å². The third kappa shape index (κ3) is 3.41. The first-order valence-electron chi connectivity index (χ1n) is 12.7.